The van der Waals surface area contributed by atoms with Crippen LogP contribution in [-0.4, -0.2) is 36.1 Å². The number of benzene rings is 3. The number of alkyl halides is 3. The number of aryl methyl sites for hydroxylation is 2. The summed E-state index contributed by atoms with van der Waals surface area (Å²) in [7, 11) is 0. The third kappa shape index (κ3) is 9.11. The number of carbonyl (C=O) groups excluding carboxylic acids is 1. The molecule has 0 unspecified atom stereocenters. The minimum absolute atomic E-state index is 0.0232. The average Bonchev–Trinajstić information content (AvgIpc) is 2.81. The Bertz CT molecular complexity index is 1230. The molecule has 5 nitrogen and oxygen atoms in total. The van der Waals surface area contributed by atoms with Crippen molar-refractivity contribution in [3.05, 3.63) is 100 Å². The number of nitrogens with one attached hydrogen (secondary N) is 2. The zero-order valence-electron chi connectivity index (χ0n) is 20.9. The van der Waals surface area contributed by atoms with Gasteiger partial charge in [-0.3, -0.25) is 4.79 Å². The van der Waals surface area contributed by atoms with Gasteiger partial charge in [-0.05, 0) is 72.4 Å². The second kappa shape index (κ2) is 12.8. The first kappa shape index (κ1) is 29.1. The molecule has 0 saturated heterocycles. The van der Waals surface area contributed by atoms with Gasteiger partial charge in [0.2, 0.25) is 0 Å². The van der Waals surface area contributed by atoms with Gasteiger partial charge in [-0.2, -0.15) is 0 Å². The summed E-state index contributed by atoms with van der Waals surface area (Å²) in [6.07, 6.45) is -5.41. The fraction of sp³-hybridized carbons (Fsp3) is 0.321. The van der Waals surface area contributed by atoms with Gasteiger partial charge in [-0.15, -0.1) is 13.2 Å². The Morgan fingerprint density at radius 1 is 0.974 bits per heavy atom. The summed E-state index contributed by atoms with van der Waals surface area (Å²) in [5.41, 5.74) is 2.54. The number of halogens is 5. The third-order valence-electron chi connectivity index (χ3n) is 5.79. The van der Waals surface area contributed by atoms with Crippen molar-refractivity contribution < 1.29 is 36.6 Å². The summed E-state index contributed by atoms with van der Waals surface area (Å²) < 4.78 is 69.6. The second-order valence-electron chi connectivity index (χ2n) is 9.02. The highest BCUT2D eigenvalue weighted by atomic mass is 19.4. The van der Waals surface area contributed by atoms with Crippen LogP contribution in [0.2, 0.25) is 0 Å². The molecule has 0 heterocycles. The average molecular weight is 537 g/mol. The smallest absolute Gasteiger partial charge is 0.406 e. The molecule has 0 bridgehead atoms. The van der Waals surface area contributed by atoms with Crippen LogP contribution in [0.25, 0.3) is 0 Å². The quantitative estimate of drug-likeness (QED) is 0.294. The fourth-order valence-corrected chi connectivity index (χ4v) is 4.06. The van der Waals surface area contributed by atoms with Crippen molar-refractivity contribution in [2.75, 3.05) is 6.54 Å². The van der Waals surface area contributed by atoms with E-state index in [2.05, 4.69) is 15.4 Å². The van der Waals surface area contributed by atoms with E-state index >= 15 is 0 Å². The van der Waals surface area contributed by atoms with Gasteiger partial charge >= 0.3 is 6.36 Å². The zero-order valence-corrected chi connectivity index (χ0v) is 20.9. The van der Waals surface area contributed by atoms with E-state index < -0.39 is 41.8 Å². The minimum Gasteiger partial charge on any atom is -0.406 e. The standard InChI is InChI=1S/C28H29F5N2O3/c1-3-18-5-4-6-19(9-18)15-34-16-26(36)25(12-20-10-22(29)14-23(30)11-20)35-27(37)21-7-17(2)8-24(13-21)38-28(31,32)33/h4-11,13-14,25-26,34,36H,3,12,15-16H2,1-2H3,(H,35,37)/t25-,26+/m0/s1. The zero-order chi connectivity index (χ0) is 27.9. The molecule has 0 aliphatic rings. The van der Waals surface area contributed by atoms with Crippen molar-refractivity contribution in [3.63, 3.8) is 0 Å². The molecule has 0 saturated carbocycles. The highest BCUT2D eigenvalue weighted by Crippen LogP contribution is 2.25. The molecule has 0 radical (unpaired) electrons. The molecule has 0 aliphatic carbocycles. The summed E-state index contributed by atoms with van der Waals surface area (Å²) in [4.78, 5) is 13.0. The first-order valence-electron chi connectivity index (χ1n) is 12.0. The molecule has 0 fully saturated rings. The van der Waals surface area contributed by atoms with E-state index in [0.29, 0.717) is 18.2 Å². The Morgan fingerprint density at radius 2 is 1.66 bits per heavy atom. The molecule has 0 aliphatic heterocycles. The molecule has 38 heavy (non-hydrogen) atoms. The highest BCUT2D eigenvalue weighted by molar-refractivity contribution is 5.95. The first-order valence-corrected chi connectivity index (χ1v) is 12.0. The predicted molar refractivity (Wildman–Crippen MR) is 133 cm³/mol. The van der Waals surface area contributed by atoms with Crippen LogP contribution in [0.3, 0.4) is 0 Å². The molecule has 0 spiro atoms. The minimum atomic E-state index is -4.94. The van der Waals surface area contributed by atoms with Crippen LogP contribution in [0.1, 0.15) is 39.5 Å². The summed E-state index contributed by atoms with van der Waals surface area (Å²) in [5.74, 6) is -2.98. The van der Waals surface area contributed by atoms with E-state index in [4.69, 9.17) is 0 Å². The van der Waals surface area contributed by atoms with Gasteiger partial charge in [0.1, 0.15) is 17.4 Å². The summed E-state index contributed by atoms with van der Waals surface area (Å²) >= 11 is 0. The van der Waals surface area contributed by atoms with E-state index in [1.807, 2.05) is 31.2 Å². The molecule has 0 aromatic heterocycles. The molecule has 1 amide bonds. The van der Waals surface area contributed by atoms with E-state index in [9.17, 15) is 31.9 Å². The number of amides is 1. The largest absolute Gasteiger partial charge is 0.573 e. The topological polar surface area (TPSA) is 70.6 Å². The summed E-state index contributed by atoms with van der Waals surface area (Å²) in [6.45, 7) is 3.98. The van der Waals surface area contributed by atoms with Crippen molar-refractivity contribution in [2.24, 2.45) is 0 Å². The Hall–Kier alpha value is -3.50. The number of hydrogen-bond donors (Lipinski definition) is 3. The van der Waals surface area contributed by atoms with Crippen LogP contribution in [0, 0.1) is 18.6 Å². The Morgan fingerprint density at radius 3 is 2.32 bits per heavy atom. The van der Waals surface area contributed by atoms with Crippen LogP contribution in [0.15, 0.2) is 60.7 Å². The Balaban J connectivity index is 1.77. The van der Waals surface area contributed by atoms with E-state index in [1.54, 1.807) is 0 Å². The molecule has 3 rings (SSSR count). The maximum atomic E-state index is 13.8. The summed E-state index contributed by atoms with van der Waals surface area (Å²) in [5, 5.41) is 16.6. The van der Waals surface area contributed by atoms with Crippen molar-refractivity contribution in [1.82, 2.24) is 10.6 Å². The lowest BCUT2D eigenvalue weighted by molar-refractivity contribution is -0.274. The van der Waals surface area contributed by atoms with Gasteiger partial charge in [0, 0.05) is 24.7 Å². The predicted octanol–water partition coefficient (Wildman–Crippen LogP) is 5.23. The first-order chi connectivity index (χ1) is 17.9. The third-order valence-corrected chi connectivity index (χ3v) is 5.79. The van der Waals surface area contributed by atoms with E-state index in [0.717, 1.165) is 41.8 Å². The van der Waals surface area contributed by atoms with Crippen molar-refractivity contribution >= 4 is 5.91 Å². The maximum Gasteiger partial charge on any atom is 0.573 e. The molecular weight excluding hydrogens is 507 g/mol. The molecular formula is C28H29F5N2O3. The number of aliphatic hydroxyl groups is 1. The van der Waals surface area contributed by atoms with Crippen molar-refractivity contribution in [2.45, 2.75) is 51.7 Å². The molecule has 204 valence electrons. The van der Waals surface area contributed by atoms with Crippen LogP contribution in [0.4, 0.5) is 22.0 Å². The molecule has 3 aromatic carbocycles. The van der Waals surface area contributed by atoms with E-state index in [-0.39, 0.29) is 24.1 Å². The molecule has 10 heteroatoms. The number of carbonyl (C=O) groups is 1. The second-order valence-corrected chi connectivity index (χ2v) is 9.02. The van der Waals surface area contributed by atoms with Crippen LogP contribution >= 0.6 is 0 Å². The highest BCUT2D eigenvalue weighted by Gasteiger charge is 2.31. The Labute approximate surface area is 217 Å². The number of rotatable bonds is 11. The van der Waals surface area contributed by atoms with Gasteiger partial charge in [0.15, 0.2) is 0 Å². The lowest BCUT2D eigenvalue weighted by atomic mass is 9.99. The van der Waals surface area contributed by atoms with Crippen molar-refractivity contribution in [1.29, 1.82) is 0 Å². The van der Waals surface area contributed by atoms with Gasteiger partial charge in [0.05, 0.1) is 12.1 Å². The van der Waals surface area contributed by atoms with Gasteiger partial charge in [0.25, 0.3) is 5.91 Å². The number of aliphatic hydroxyl groups excluding tert-OH is 1. The monoisotopic (exact) mass is 536 g/mol. The van der Waals surface area contributed by atoms with Gasteiger partial charge in [-0.25, -0.2) is 8.78 Å². The van der Waals surface area contributed by atoms with Crippen molar-refractivity contribution in [3.8, 4) is 5.75 Å². The van der Waals surface area contributed by atoms with Gasteiger partial charge < -0.3 is 20.5 Å². The van der Waals surface area contributed by atoms with Gasteiger partial charge in [-0.1, -0.05) is 31.2 Å². The normalized spacial score (nSPS) is 13.2. The molecule has 3 N–H and O–H groups in total. The fourth-order valence-electron chi connectivity index (χ4n) is 4.06. The van der Waals surface area contributed by atoms with Crippen LogP contribution in [-0.2, 0) is 19.4 Å². The molecule has 3 aromatic rings. The lowest BCUT2D eigenvalue weighted by Crippen LogP contribution is -2.48. The number of hydrogen-bond acceptors (Lipinski definition) is 4. The number of ether oxygens (including phenoxy) is 1. The molecule has 2 atom stereocenters. The van der Waals surface area contributed by atoms with E-state index in [1.165, 1.54) is 13.0 Å². The van der Waals surface area contributed by atoms with Crippen LogP contribution in [0.5, 0.6) is 5.75 Å². The Kier molecular flexibility index (Phi) is 9.82. The summed E-state index contributed by atoms with van der Waals surface area (Å²) in [6, 6.07) is 13.1. The van der Waals surface area contributed by atoms with Crippen LogP contribution < -0.4 is 15.4 Å². The maximum absolute atomic E-state index is 13.8. The lowest BCUT2D eigenvalue weighted by Gasteiger charge is -2.25. The SMILES string of the molecule is CCc1cccc(CNC[C@@H](O)[C@H](Cc2cc(F)cc(F)c2)NC(=O)c2cc(C)cc(OC(F)(F)F)c2)c1.